The van der Waals surface area contributed by atoms with Crippen molar-refractivity contribution in [2.24, 2.45) is 5.84 Å². The summed E-state index contributed by atoms with van der Waals surface area (Å²) >= 11 is 1.55. The van der Waals surface area contributed by atoms with Crippen LogP contribution in [0.15, 0.2) is 18.2 Å². The maximum absolute atomic E-state index is 5.42. The van der Waals surface area contributed by atoms with Crippen LogP contribution >= 0.6 is 11.3 Å². The Bertz CT molecular complexity index is 537. The molecule has 5 heteroatoms. The Labute approximate surface area is 104 Å². The number of methoxy groups -OCH3 is 1. The summed E-state index contributed by atoms with van der Waals surface area (Å²) in [6.07, 6.45) is 0. The number of nitrogens with zero attached hydrogens (tertiary/aromatic N) is 1. The second-order valence-corrected chi connectivity index (χ2v) is 4.76. The number of nitrogens with two attached hydrogens (primary N) is 1. The lowest BCUT2D eigenvalue weighted by atomic mass is 10.1. The second kappa shape index (κ2) is 4.73. The van der Waals surface area contributed by atoms with Gasteiger partial charge in [-0.15, -0.1) is 0 Å². The van der Waals surface area contributed by atoms with E-state index in [0.717, 1.165) is 32.6 Å². The maximum atomic E-state index is 5.42. The summed E-state index contributed by atoms with van der Waals surface area (Å²) in [5, 5.41) is 1.86. The molecule has 0 aliphatic rings. The van der Waals surface area contributed by atoms with Gasteiger partial charge in [-0.25, -0.2) is 10.8 Å². The van der Waals surface area contributed by atoms with Gasteiger partial charge in [0.2, 0.25) is 0 Å². The van der Waals surface area contributed by atoms with Crippen LogP contribution in [0.2, 0.25) is 0 Å². The molecular formula is C12H15N3OS. The fourth-order valence-electron chi connectivity index (χ4n) is 1.67. The second-order valence-electron chi connectivity index (χ2n) is 3.76. The molecule has 90 valence electrons. The molecule has 0 fully saturated rings. The Morgan fingerprint density at radius 3 is 2.65 bits per heavy atom. The summed E-state index contributed by atoms with van der Waals surface area (Å²) in [6.45, 7) is 3.95. The molecule has 1 aromatic heterocycles. The zero-order valence-corrected chi connectivity index (χ0v) is 10.9. The van der Waals surface area contributed by atoms with Crippen LogP contribution in [0.25, 0.3) is 10.6 Å². The molecule has 0 unspecified atom stereocenters. The van der Waals surface area contributed by atoms with E-state index in [-0.39, 0.29) is 0 Å². The van der Waals surface area contributed by atoms with E-state index in [1.165, 1.54) is 0 Å². The van der Waals surface area contributed by atoms with Gasteiger partial charge in [-0.05, 0) is 37.6 Å². The van der Waals surface area contributed by atoms with E-state index >= 15 is 0 Å². The maximum Gasteiger partial charge on any atom is 0.126 e. The van der Waals surface area contributed by atoms with Crippen LogP contribution < -0.4 is 16.0 Å². The average molecular weight is 249 g/mol. The normalized spacial score (nSPS) is 10.4. The number of thiazole rings is 1. The number of rotatable bonds is 3. The summed E-state index contributed by atoms with van der Waals surface area (Å²) < 4.78 is 5.24. The van der Waals surface area contributed by atoms with E-state index in [4.69, 9.17) is 10.6 Å². The molecule has 0 saturated carbocycles. The van der Waals surface area contributed by atoms with Gasteiger partial charge >= 0.3 is 0 Å². The van der Waals surface area contributed by atoms with Crippen LogP contribution in [0.3, 0.4) is 0 Å². The molecule has 0 bridgehead atoms. The van der Waals surface area contributed by atoms with Crippen LogP contribution in [0.5, 0.6) is 5.75 Å². The minimum absolute atomic E-state index is 0.888. The van der Waals surface area contributed by atoms with Gasteiger partial charge in [0.25, 0.3) is 0 Å². The van der Waals surface area contributed by atoms with Gasteiger partial charge in [0.05, 0.1) is 12.8 Å². The first-order chi connectivity index (χ1) is 8.15. The third kappa shape index (κ3) is 2.25. The zero-order chi connectivity index (χ0) is 12.4. The largest absolute Gasteiger partial charge is 0.496 e. The standard InChI is InChI=1S/C12H15N3OS/c1-7-6-9(4-5-10(7)16-3)12-14-8(2)11(15-13)17-12/h4-6,15H,13H2,1-3H3. The SMILES string of the molecule is COc1ccc(-c2nc(C)c(NN)s2)cc1C. The summed E-state index contributed by atoms with van der Waals surface area (Å²) in [6, 6.07) is 6.03. The number of aryl methyl sites for hydroxylation is 2. The summed E-state index contributed by atoms with van der Waals surface area (Å²) in [5.74, 6) is 6.31. The van der Waals surface area contributed by atoms with Crippen LogP contribution in [-0.4, -0.2) is 12.1 Å². The minimum atomic E-state index is 0.888. The van der Waals surface area contributed by atoms with Crippen LogP contribution in [0.4, 0.5) is 5.00 Å². The van der Waals surface area contributed by atoms with Gasteiger partial charge in [-0.3, -0.25) is 0 Å². The number of nitrogens with one attached hydrogen (secondary N) is 1. The van der Waals surface area contributed by atoms with Gasteiger partial charge in [0, 0.05) is 5.56 Å². The number of benzene rings is 1. The summed E-state index contributed by atoms with van der Waals surface area (Å²) in [7, 11) is 1.67. The van der Waals surface area contributed by atoms with Gasteiger partial charge in [0.1, 0.15) is 15.8 Å². The molecule has 0 aliphatic carbocycles. The van der Waals surface area contributed by atoms with Crippen molar-refractivity contribution in [3.05, 3.63) is 29.5 Å². The van der Waals surface area contributed by atoms with Crippen molar-refractivity contribution >= 4 is 16.3 Å². The third-order valence-electron chi connectivity index (χ3n) is 2.57. The highest BCUT2D eigenvalue weighted by atomic mass is 32.1. The predicted octanol–water partition coefficient (Wildman–Crippen LogP) is 2.72. The summed E-state index contributed by atoms with van der Waals surface area (Å²) in [5.41, 5.74) is 5.75. The highest BCUT2D eigenvalue weighted by molar-refractivity contribution is 7.19. The van der Waals surface area contributed by atoms with Crippen LogP contribution in [0.1, 0.15) is 11.3 Å². The van der Waals surface area contributed by atoms with E-state index < -0.39 is 0 Å². The molecule has 0 atom stereocenters. The fraction of sp³-hybridized carbons (Fsp3) is 0.250. The first-order valence-corrected chi connectivity index (χ1v) is 6.06. The molecule has 3 N–H and O–H groups in total. The highest BCUT2D eigenvalue weighted by Crippen LogP contribution is 2.33. The molecule has 1 aromatic carbocycles. The Balaban J connectivity index is 2.42. The van der Waals surface area contributed by atoms with Gasteiger partial charge in [0.15, 0.2) is 0 Å². The zero-order valence-electron chi connectivity index (χ0n) is 10.1. The minimum Gasteiger partial charge on any atom is -0.496 e. The quantitative estimate of drug-likeness (QED) is 0.648. The monoisotopic (exact) mass is 249 g/mol. The molecule has 0 saturated heterocycles. The number of hydrogen-bond acceptors (Lipinski definition) is 5. The van der Waals surface area contributed by atoms with Gasteiger partial charge in [-0.2, -0.15) is 0 Å². The Kier molecular flexibility index (Phi) is 3.31. The number of hydrazine groups is 1. The molecule has 0 radical (unpaired) electrons. The predicted molar refractivity (Wildman–Crippen MR) is 71.4 cm³/mol. The van der Waals surface area contributed by atoms with Crippen molar-refractivity contribution in [1.29, 1.82) is 0 Å². The fourth-order valence-corrected chi connectivity index (χ4v) is 2.54. The molecule has 0 aliphatic heterocycles. The Morgan fingerprint density at radius 2 is 2.12 bits per heavy atom. The smallest absolute Gasteiger partial charge is 0.126 e. The van der Waals surface area contributed by atoms with Gasteiger partial charge in [-0.1, -0.05) is 11.3 Å². The van der Waals surface area contributed by atoms with E-state index in [2.05, 4.69) is 16.5 Å². The molecule has 0 spiro atoms. The summed E-state index contributed by atoms with van der Waals surface area (Å²) in [4.78, 5) is 4.48. The Hall–Kier alpha value is -1.59. The molecule has 2 aromatic rings. The molecular weight excluding hydrogens is 234 g/mol. The lowest BCUT2D eigenvalue weighted by molar-refractivity contribution is 0.412. The average Bonchev–Trinajstić information content (AvgIpc) is 2.70. The van der Waals surface area contributed by atoms with Crippen LogP contribution in [0, 0.1) is 13.8 Å². The van der Waals surface area contributed by atoms with Crippen LogP contribution in [-0.2, 0) is 0 Å². The lowest BCUT2D eigenvalue weighted by Gasteiger charge is -2.05. The molecule has 4 nitrogen and oxygen atoms in total. The van der Waals surface area contributed by atoms with E-state index in [1.54, 1.807) is 18.4 Å². The molecule has 0 amide bonds. The topological polar surface area (TPSA) is 60.2 Å². The number of ether oxygens (including phenoxy) is 1. The van der Waals surface area contributed by atoms with Crippen molar-refractivity contribution in [2.75, 3.05) is 12.5 Å². The highest BCUT2D eigenvalue weighted by Gasteiger charge is 2.09. The first-order valence-electron chi connectivity index (χ1n) is 5.24. The van der Waals surface area contributed by atoms with Gasteiger partial charge < -0.3 is 10.2 Å². The number of aromatic nitrogens is 1. The number of anilines is 1. The molecule has 2 rings (SSSR count). The van der Waals surface area contributed by atoms with Crippen molar-refractivity contribution in [3.8, 4) is 16.3 Å². The first kappa shape index (κ1) is 11.9. The van der Waals surface area contributed by atoms with E-state index in [9.17, 15) is 0 Å². The van der Waals surface area contributed by atoms with Crippen molar-refractivity contribution in [3.63, 3.8) is 0 Å². The van der Waals surface area contributed by atoms with E-state index in [0.29, 0.717) is 0 Å². The third-order valence-corrected chi connectivity index (χ3v) is 3.71. The molecule has 17 heavy (non-hydrogen) atoms. The lowest BCUT2D eigenvalue weighted by Crippen LogP contribution is -2.05. The molecule has 1 heterocycles. The van der Waals surface area contributed by atoms with E-state index in [1.807, 2.05) is 26.0 Å². The van der Waals surface area contributed by atoms with Crippen molar-refractivity contribution in [1.82, 2.24) is 4.98 Å². The van der Waals surface area contributed by atoms with Crippen molar-refractivity contribution in [2.45, 2.75) is 13.8 Å². The number of hydrogen-bond donors (Lipinski definition) is 2. The number of nitrogen functional groups attached to an aromatic ring is 1. The Morgan fingerprint density at radius 1 is 1.35 bits per heavy atom. The van der Waals surface area contributed by atoms with Crippen molar-refractivity contribution < 1.29 is 4.74 Å².